The molecule has 0 unspecified atom stereocenters. The summed E-state index contributed by atoms with van der Waals surface area (Å²) in [5.41, 5.74) is 0.697. The minimum absolute atomic E-state index is 0.000392. The van der Waals surface area contributed by atoms with Crippen molar-refractivity contribution in [2.24, 2.45) is 0 Å². The maximum absolute atomic E-state index is 13.1. The van der Waals surface area contributed by atoms with E-state index >= 15 is 0 Å². The highest BCUT2D eigenvalue weighted by molar-refractivity contribution is 9.10. The maximum atomic E-state index is 13.1. The summed E-state index contributed by atoms with van der Waals surface area (Å²) < 4.78 is 24.2. The smallest absolute Gasteiger partial charge is 0.244 e. The van der Waals surface area contributed by atoms with E-state index < -0.39 is 0 Å². The predicted molar refractivity (Wildman–Crippen MR) is 73.5 cm³/mol. The SMILES string of the molecule is CO[C@@H]1CN[C@@H](c2nc(-c3ccc(F)cc3Br)no2)C1. The largest absolute Gasteiger partial charge is 0.380 e. The second kappa shape index (κ2) is 5.59. The molecule has 0 amide bonds. The van der Waals surface area contributed by atoms with E-state index in [1.54, 1.807) is 13.2 Å². The Labute approximate surface area is 123 Å². The molecule has 2 atom stereocenters. The standard InChI is InChI=1S/C13H13BrFN3O2/c1-19-8-5-11(16-6-8)13-17-12(18-20-13)9-3-2-7(15)4-10(9)14/h2-4,8,11,16H,5-6H2,1H3/t8-,11+/m0/s1. The number of nitrogens with one attached hydrogen (secondary N) is 1. The first-order valence-corrected chi connectivity index (χ1v) is 7.02. The molecule has 0 radical (unpaired) electrons. The third kappa shape index (κ3) is 2.61. The average Bonchev–Trinajstić information content (AvgIpc) is 3.07. The lowest BCUT2D eigenvalue weighted by molar-refractivity contribution is 0.116. The van der Waals surface area contributed by atoms with Gasteiger partial charge in [0, 0.05) is 23.7 Å². The topological polar surface area (TPSA) is 60.2 Å². The zero-order valence-corrected chi connectivity index (χ0v) is 12.4. The Kier molecular flexibility index (Phi) is 3.82. The first kappa shape index (κ1) is 13.7. The first-order valence-electron chi connectivity index (χ1n) is 6.22. The number of halogens is 2. The van der Waals surface area contributed by atoms with Crippen molar-refractivity contribution in [1.29, 1.82) is 0 Å². The summed E-state index contributed by atoms with van der Waals surface area (Å²) in [5, 5.41) is 7.22. The molecule has 1 aromatic heterocycles. The van der Waals surface area contributed by atoms with Gasteiger partial charge in [-0.3, -0.25) is 0 Å². The molecule has 0 spiro atoms. The summed E-state index contributed by atoms with van der Waals surface area (Å²) in [6, 6.07) is 4.36. The second-order valence-electron chi connectivity index (χ2n) is 4.63. The molecule has 1 fully saturated rings. The molecule has 0 saturated carbocycles. The summed E-state index contributed by atoms with van der Waals surface area (Å²) in [6.07, 6.45) is 0.954. The monoisotopic (exact) mass is 341 g/mol. The molecule has 1 aromatic carbocycles. The van der Waals surface area contributed by atoms with E-state index in [9.17, 15) is 4.39 Å². The summed E-state index contributed by atoms with van der Waals surface area (Å²) in [4.78, 5) is 4.37. The fraction of sp³-hybridized carbons (Fsp3) is 0.385. The van der Waals surface area contributed by atoms with Gasteiger partial charge in [-0.05, 0) is 40.5 Å². The molecule has 3 rings (SSSR count). The van der Waals surface area contributed by atoms with Gasteiger partial charge in [-0.2, -0.15) is 4.98 Å². The van der Waals surface area contributed by atoms with Crippen LogP contribution in [0.2, 0.25) is 0 Å². The van der Waals surface area contributed by atoms with Crippen molar-refractivity contribution in [2.45, 2.75) is 18.6 Å². The van der Waals surface area contributed by atoms with E-state index in [-0.39, 0.29) is 18.0 Å². The highest BCUT2D eigenvalue weighted by Crippen LogP contribution is 2.29. The molecule has 0 aliphatic carbocycles. The van der Waals surface area contributed by atoms with Gasteiger partial charge < -0.3 is 14.6 Å². The number of ether oxygens (including phenoxy) is 1. The fourth-order valence-electron chi connectivity index (χ4n) is 2.23. The zero-order valence-electron chi connectivity index (χ0n) is 10.8. The molecule has 20 heavy (non-hydrogen) atoms. The minimum Gasteiger partial charge on any atom is -0.380 e. The number of nitrogens with zero attached hydrogens (tertiary/aromatic N) is 2. The van der Waals surface area contributed by atoms with E-state index in [2.05, 4.69) is 31.4 Å². The van der Waals surface area contributed by atoms with Crippen LogP contribution in [0.1, 0.15) is 18.4 Å². The van der Waals surface area contributed by atoms with Crippen LogP contribution in [0, 0.1) is 5.82 Å². The predicted octanol–water partition coefficient (Wildman–Crippen LogP) is 2.69. The normalized spacial score (nSPS) is 22.4. The zero-order chi connectivity index (χ0) is 14.1. The number of aromatic nitrogens is 2. The molecule has 1 aliphatic rings. The van der Waals surface area contributed by atoms with Crippen molar-refractivity contribution >= 4 is 15.9 Å². The van der Waals surface area contributed by atoms with Gasteiger partial charge >= 0.3 is 0 Å². The lowest BCUT2D eigenvalue weighted by Gasteiger charge is -2.04. The van der Waals surface area contributed by atoms with Crippen molar-refractivity contribution in [2.75, 3.05) is 13.7 Å². The molecular weight excluding hydrogens is 329 g/mol. The minimum atomic E-state index is -0.315. The van der Waals surface area contributed by atoms with Gasteiger partial charge in [0.15, 0.2) is 0 Å². The molecule has 1 aliphatic heterocycles. The van der Waals surface area contributed by atoms with Gasteiger partial charge in [0.05, 0.1) is 12.1 Å². The number of hydrogen-bond donors (Lipinski definition) is 1. The second-order valence-corrected chi connectivity index (χ2v) is 5.49. The van der Waals surface area contributed by atoms with Crippen LogP contribution in [0.3, 0.4) is 0 Å². The van der Waals surface area contributed by atoms with Gasteiger partial charge in [-0.15, -0.1) is 0 Å². The first-order chi connectivity index (χ1) is 9.67. The van der Waals surface area contributed by atoms with Crippen molar-refractivity contribution in [3.8, 4) is 11.4 Å². The molecule has 1 N–H and O–H groups in total. The van der Waals surface area contributed by atoms with Crippen LogP contribution in [0.25, 0.3) is 11.4 Å². The lowest BCUT2D eigenvalue weighted by atomic mass is 10.2. The van der Waals surface area contributed by atoms with Gasteiger partial charge in [0.25, 0.3) is 0 Å². The molecular formula is C13H13BrFN3O2. The molecule has 5 nitrogen and oxygen atoms in total. The van der Waals surface area contributed by atoms with E-state index in [1.807, 2.05) is 0 Å². The van der Waals surface area contributed by atoms with Gasteiger partial charge in [-0.1, -0.05) is 5.16 Å². The Bertz CT molecular complexity index is 619. The molecule has 0 bridgehead atoms. The third-order valence-corrected chi connectivity index (χ3v) is 3.99. The van der Waals surface area contributed by atoms with Crippen LogP contribution < -0.4 is 5.32 Å². The summed E-state index contributed by atoms with van der Waals surface area (Å²) >= 11 is 3.30. The number of benzene rings is 1. The Balaban J connectivity index is 1.83. The van der Waals surface area contributed by atoms with Crippen LogP contribution in [0.5, 0.6) is 0 Å². The Morgan fingerprint density at radius 3 is 3.05 bits per heavy atom. The van der Waals surface area contributed by atoms with Gasteiger partial charge in [0.1, 0.15) is 5.82 Å². The Morgan fingerprint density at radius 1 is 1.50 bits per heavy atom. The van der Waals surface area contributed by atoms with Crippen molar-refractivity contribution < 1.29 is 13.7 Å². The Morgan fingerprint density at radius 2 is 2.35 bits per heavy atom. The fourth-order valence-corrected chi connectivity index (χ4v) is 2.76. The van der Waals surface area contributed by atoms with E-state index in [0.717, 1.165) is 13.0 Å². The summed E-state index contributed by atoms with van der Waals surface area (Å²) in [5.74, 6) is 0.648. The van der Waals surface area contributed by atoms with Crippen molar-refractivity contribution in [1.82, 2.24) is 15.5 Å². The maximum Gasteiger partial charge on any atom is 0.244 e. The number of hydrogen-bond acceptors (Lipinski definition) is 5. The molecule has 2 aromatic rings. The van der Waals surface area contributed by atoms with Crippen molar-refractivity contribution in [3.63, 3.8) is 0 Å². The van der Waals surface area contributed by atoms with E-state index in [4.69, 9.17) is 9.26 Å². The molecule has 7 heteroatoms. The summed E-state index contributed by atoms with van der Waals surface area (Å²) in [6.45, 7) is 0.763. The number of rotatable bonds is 3. The third-order valence-electron chi connectivity index (χ3n) is 3.34. The molecule has 2 heterocycles. The average molecular weight is 342 g/mol. The van der Waals surface area contributed by atoms with Crippen LogP contribution in [0.15, 0.2) is 27.2 Å². The van der Waals surface area contributed by atoms with Gasteiger partial charge in [-0.25, -0.2) is 4.39 Å². The van der Waals surface area contributed by atoms with Gasteiger partial charge in [0.2, 0.25) is 11.7 Å². The molecule has 106 valence electrons. The highest BCUT2D eigenvalue weighted by Gasteiger charge is 2.29. The van der Waals surface area contributed by atoms with E-state index in [1.165, 1.54) is 12.1 Å². The summed E-state index contributed by atoms with van der Waals surface area (Å²) in [7, 11) is 1.68. The molecule has 1 saturated heterocycles. The van der Waals surface area contributed by atoms with E-state index in [0.29, 0.717) is 21.8 Å². The number of methoxy groups -OCH3 is 1. The van der Waals surface area contributed by atoms with Crippen LogP contribution in [-0.4, -0.2) is 29.9 Å². The van der Waals surface area contributed by atoms with Crippen LogP contribution in [-0.2, 0) is 4.74 Å². The Hall–Kier alpha value is -1.31. The van der Waals surface area contributed by atoms with Crippen LogP contribution >= 0.6 is 15.9 Å². The van der Waals surface area contributed by atoms with Crippen LogP contribution in [0.4, 0.5) is 4.39 Å². The van der Waals surface area contributed by atoms with Crippen molar-refractivity contribution in [3.05, 3.63) is 34.4 Å². The lowest BCUT2D eigenvalue weighted by Crippen LogP contribution is -2.16. The quantitative estimate of drug-likeness (QED) is 0.929. The highest BCUT2D eigenvalue weighted by atomic mass is 79.9.